The van der Waals surface area contributed by atoms with E-state index in [1.165, 1.54) is 6.07 Å². The highest BCUT2D eigenvalue weighted by molar-refractivity contribution is 9.10. The monoisotopic (exact) mass is 279 g/mol. The summed E-state index contributed by atoms with van der Waals surface area (Å²) in [4.78, 5) is 9.50. The predicted molar refractivity (Wildman–Crippen MR) is 58.7 cm³/mol. The number of rotatable bonds is 2. The van der Waals surface area contributed by atoms with Crippen LogP contribution in [0, 0.1) is 5.82 Å². The Morgan fingerprint density at radius 1 is 1.64 bits per heavy atom. The summed E-state index contributed by atoms with van der Waals surface area (Å²) >= 11 is 8.64. The molecule has 6 heteroatoms. The van der Waals surface area contributed by atoms with Gasteiger partial charge >= 0.3 is 0 Å². The average molecular weight is 281 g/mol. The van der Waals surface area contributed by atoms with Crippen molar-refractivity contribution < 1.29 is 4.39 Å². The second kappa shape index (κ2) is 4.70. The number of hydrogen-bond donors (Lipinski definition) is 0. The number of nitrogens with zero attached hydrogens (tertiary/aromatic N) is 3. The first-order valence-electron chi connectivity index (χ1n) is 3.73. The maximum atomic E-state index is 12.9. The lowest BCUT2D eigenvalue weighted by Crippen LogP contribution is -2.07. The Morgan fingerprint density at radius 3 is 2.86 bits per heavy atom. The fourth-order valence-corrected chi connectivity index (χ4v) is 1.22. The van der Waals surface area contributed by atoms with Crippen molar-refractivity contribution in [1.29, 1.82) is 0 Å². The Labute approximate surface area is 94.7 Å². The highest BCUT2D eigenvalue weighted by atomic mass is 79.9. The van der Waals surface area contributed by atoms with Gasteiger partial charge in [-0.2, -0.15) is 0 Å². The van der Waals surface area contributed by atoms with Gasteiger partial charge in [-0.1, -0.05) is 11.6 Å². The molecule has 0 aliphatic heterocycles. The first-order valence-corrected chi connectivity index (χ1v) is 4.90. The smallest absolute Gasteiger partial charge is 0.169 e. The van der Waals surface area contributed by atoms with E-state index < -0.39 is 5.82 Å². The first kappa shape index (κ1) is 11.4. The van der Waals surface area contributed by atoms with Crippen LogP contribution in [0.4, 0.5) is 10.2 Å². The third-order valence-electron chi connectivity index (χ3n) is 1.28. The molecule has 0 radical (unpaired) electrons. The number of hydrogen-bond acceptors (Lipinski definition) is 2. The maximum Gasteiger partial charge on any atom is 0.169 e. The molecule has 3 nitrogen and oxygen atoms in total. The van der Waals surface area contributed by atoms with Crippen LogP contribution in [0.5, 0.6) is 0 Å². The minimum atomic E-state index is -0.567. The lowest BCUT2D eigenvalue weighted by Gasteiger charge is -2.03. The van der Waals surface area contributed by atoms with E-state index in [9.17, 15) is 4.39 Å². The van der Waals surface area contributed by atoms with Gasteiger partial charge in [0.05, 0.1) is 10.8 Å². The molecule has 0 saturated heterocycles. The van der Waals surface area contributed by atoms with Gasteiger partial charge in [0, 0.05) is 14.1 Å². The van der Waals surface area contributed by atoms with Gasteiger partial charge in [-0.05, 0) is 22.0 Å². The van der Waals surface area contributed by atoms with Crippen LogP contribution in [-0.4, -0.2) is 30.3 Å². The predicted octanol–water partition coefficient (Wildman–Crippen LogP) is 2.86. The second-order valence-corrected chi connectivity index (χ2v) is 3.99. The van der Waals surface area contributed by atoms with Crippen LogP contribution in [0.15, 0.2) is 15.5 Å². The molecule has 0 N–H and O–H groups in total. The number of halogens is 3. The zero-order chi connectivity index (χ0) is 10.7. The van der Waals surface area contributed by atoms with E-state index in [-0.39, 0.29) is 5.15 Å². The molecule has 0 spiro atoms. The Kier molecular flexibility index (Phi) is 3.83. The molecule has 0 aliphatic rings. The number of aromatic nitrogens is 1. The molecule has 0 amide bonds. The normalized spacial score (nSPS) is 10.9. The first-order chi connectivity index (χ1) is 6.50. The summed E-state index contributed by atoms with van der Waals surface area (Å²) in [6, 6.07) is 1.23. The molecule has 14 heavy (non-hydrogen) atoms. The molecule has 1 heterocycles. The third-order valence-corrected chi connectivity index (χ3v) is 2.13. The van der Waals surface area contributed by atoms with Crippen molar-refractivity contribution >= 4 is 39.7 Å². The molecule has 0 aromatic carbocycles. The molecular weight excluding hydrogens is 272 g/mol. The van der Waals surface area contributed by atoms with Crippen molar-refractivity contribution in [2.24, 2.45) is 4.99 Å². The molecule has 1 aromatic heterocycles. The Bertz CT molecular complexity index is 368. The Morgan fingerprint density at radius 2 is 2.29 bits per heavy atom. The number of aliphatic imine (C=N–C) groups is 1. The highest BCUT2D eigenvalue weighted by Crippen LogP contribution is 2.26. The van der Waals surface area contributed by atoms with Gasteiger partial charge in [0.25, 0.3) is 0 Å². The maximum absolute atomic E-state index is 12.9. The van der Waals surface area contributed by atoms with E-state index in [1.54, 1.807) is 11.2 Å². The van der Waals surface area contributed by atoms with Crippen LogP contribution >= 0.6 is 27.5 Å². The van der Waals surface area contributed by atoms with E-state index in [0.717, 1.165) is 0 Å². The largest absolute Gasteiger partial charge is 0.369 e. The summed E-state index contributed by atoms with van der Waals surface area (Å²) in [7, 11) is 3.64. The van der Waals surface area contributed by atoms with Crippen LogP contribution in [0.3, 0.4) is 0 Å². The third kappa shape index (κ3) is 2.92. The molecule has 0 bridgehead atoms. The summed E-state index contributed by atoms with van der Waals surface area (Å²) in [6.45, 7) is 0. The van der Waals surface area contributed by atoms with E-state index in [2.05, 4.69) is 25.9 Å². The second-order valence-electron chi connectivity index (χ2n) is 2.77. The van der Waals surface area contributed by atoms with Gasteiger partial charge in [0.2, 0.25) is 0 Å². The van der Waals surface area contributed by atoms with E-state index in [0.29, 0.717) is 10.3 Å². The summed E-state index contributed by atoms with van der Waals surface area (Å²) in [5.41, 5.74) is 0. The molecule has 1 aromatic rings. The van der Waals surface area contributed by atoms with E-state index in [4.69, 9.17) is 11.6 Å². The molecule has 0 atom stereocenters. The van der Waals surface area contributed by atoms with Crippen molar-refractivity contribution in [1.82, 2.24) is 9.88 Å². The molecule has 76 valence electrons. The molecule has 0 unspecified atom stereocenters. The van der Waals surface area contributed by atoms with E-state index in [1.807, 2.05) is 14.1 Å². The van der Waals surface area contributed by atoms with Gasteiger partial charge in [-0.15, -0.1) is 0 Å². The van der Waals surface area contributed by atoms with Gasteiger partial charge in [0.1, 0.15) is 0 Å². The lowest BCUT2D eigenvalue weighted by atomic mass is 10.4. The fraction of sp³-hybridized carbons (Fsp3) is 0.250. The quantitative estimate of drug-likeness (QED) is 0.473. The topological polar surface area (TPSA) is 28.5 Å². The van der Waals surface area contributed by atoms with Crippen molar-refractivity contribution in [2.45, 2.75) is 0 Å². The zero-order valence-electron chi connectivity index (χ0n) is 7.63. The Hall–Kier alpha value is -0.680. The molecule has 0 aliphatic carbocycles. The summed E-state index contributed by atoms with van der Waals surface area (Å²) in [5.74, 6) is -0.215. The number of pyridine rings is 1. The van der Waals surface area contributed by atoms with Gasteiger partial charge in [0.15, 0.2) is 16.8 Å². The lowest BCUT2D eigenvalue weighted by molar-refractivity contribution is 0.620. The minimum Gasteiger partial charge on any atom is -0.369 e. The van der Waals surface area contributed by atoms with Crippen LogP contribution in [0.25, 0.3) is 0 Å². The summed E-state index contributed by atoms with van der Waals surface area (Å²) in [6.07, 6.45) is 1.56. The van der Waals surface area contributed by atoms with Crippen molar-refractivity contribution in [3.05, 3.63) is 21.5 Å². The van der Waals surface area contributed by atoms with Crippen LogP contribution in [-0.2, 0) is 0 Å². The molecule has 1 rings (SSSR count). The molecular formula is C8H8BrClFN3. The SMILES string of the molecule is CN(C)/C=N/c1nc(Cl)c(F)cc1Br. The van der Waals surface area contributed by atoms with Gasteiger partial charge < -0.3 is 4.90 Å². The van der Waals surface area contributed by atoms with Crippen molar-refractivity contribution in [3.63, 3.8) is 0 Å². The molecule has 0 fully saturated rings. The van der Waals surface area contributed by atoms with E-state index >= 15 is 0 Å². The van der Waals surface area contributed by atoms with Gasteiger partial charge in [-0.25, -0.2) is 14.4 Å². The molecule has 0 saturated carbocycles. The van der Waals surface area contributed by atoms with Crippen molar-refractivity contribution in [3.8, 4) is 0 Å². The zero-order valence-corrected chi connectivity index (χ0v) is 9.97. The van der Waals surface area contributed by atoms with Crippen LogP contribution in [0.2, 0.25) is 5.15 Å². The summed E-state index contributed by atoms with van der Waals surface area (Å²) in [5, 5.41) is -0.181. The van der Waals surface area contributed by atoms with Crippen LogP contribution in [0.1, 0.15) is 0 Å². The Balaban J connectivity index is 3.04. The highest BCUT2D eigenvalue weighted by Gasteiger charge is 2.06. The minimum absolute atomic E-state index is 0.181. The standard InChI is InChI=1S/C8H8BrClFN3/c1-14(2)4-12-8-5(9)3-6(11)7(10)13-8/h3-4H,1-2H3/b12-4+. The van der Waals surface area contributed by atoms with Gasteiger partial charge in [-0.3, -0.25) is 0 Å². The summed E-state index contributed by atoms with van der Waals surface area (Å²) < 4.78 is 13.3. The van der Waals surface area contributed by atoms with Crippen LogP contribution < -0.4 is 0 Å². The fourth-order valence-electron chi connectivity index (χ4n) is 0.696. The average Bonchev–Trinajstić information content (AvgIpc) is 2.09. The van der Waals surface area contributed by atoms with Crippen molar-refractivity contribution in [2.75, 3.05) is 14.1 Å².